The number of imidazole rings is 1. The fourth-order valence-corrected chi connectivity index (χ4v) is 3.52. The van der Waals surface area contributed by atoms with E-state index in [9.17, 15) is 0 Å². The molecule has 0 aliphatic rings. The Morgan fingerprint density at radius 1 is 1.50 bits per heavy atom. The van der Waals surface area contributed by atoms with Crippen LogP contribution in [-0.2, 0) is 0 Å². The summed E-state index contributed by atoms with van der Waals surface area (Å²) in [5, 5.41) is 2.11. The molecule has 0 amide bonds. The van der Waals surface area contributed by atoms with Gasteiger partial charge in [0.1, 0.15) is 0 Å². The molecule has 0 aromatic carbocycles. The highest BCUT2D eigenvalue weighted by molar-refractivity contribution is 7.71. The van der Waals surface area contributed by atoms with Crippen molar-refractivity contribution in [3.8, 4) is 0 Å². The van der Waals surface area contributed by atoms with Gasteiger partial charge in [0.15, 0.2) is 4.77 Å². The van der Waals surface area contributed by atoms with Crippen LogP contribution in [0, 0.1) is 4.77 Å². The van der Waals surface area contributed by atoms with E-state index in [1.165, 1.54) is 4.88 Å². The topological polar surface area (TPSA) is 33.6 Å². The average Bonchev–Trinajstić information content (AvgIpc) is 2.99. The molecule has 0 spiro atoms. The van der Waals surface area contributed by atoms with Crippen molar-refractivity contribution >= 4 is 34.6 Å². The van der Waals surface area contributed by atoms with Crippen LogP contribution in [0.5, 0.6) is 0 Å². The van der Waals surface area contributed by atoms with Crippen molar-refractivity contribution in [1.82, 2.24) is 14.5 Å². The molecule has 1 atom stereocenters. The third kappa shape index (κ3) is 1.79. The summed E-state index contributed by atoms with van der Waals surface area (Å²) in [5.41, 5.74) is 2.12. The second-order valence-corrected chi connectivity index (χ2v) is 5.50. The standard InChI is InChI=1S/C13H13N3S2/c1-2-10(12-4-3-7-18-12)16-11-5-6-14-8-9(11)15-13(16)17/h3-8,10H,2H2,1H3,(H,15,17). The van der Waals surface area contributed by atoms with Gasteiger partial charge in [-0.25, -0.2) is 0 Å². The molecule has 3 aromatic rings. The minimum atomic E-state index is 0.300. The van der Waals surface area contributed by atoms with Crippen LogP contribution in [0.2, 0.25) is 0 Å². The molecule has 92 valence electrons. The number of nitrogens with one attached hydrogen (secondary N) is 1. The molecule has 3 rings (SSSR count). The first-order valence-corrected chi connectivity index (χ1v) is 7.17. The molecule has 0 aliphatic carbocycles. The van der Waals surface area contributed by atoms with Gasteiger partial charge in [-0.05, 0) is 36.2 Å². The fourth-order valence-electron chi connectivity index (χ4n) is 2.28. The molecule has 5 heteroatoms. The van der Waals surface area contributed by atoms with Gasteiger partial charge >= 0.3 is 0 Å². The lowest BCUT2D eigenvalue weighted by molar-refractivity contribution is 0.584. The number of H-pyrrole nitrogens is 1. The molecule has 0 radical (unpaired) electrons. The summed E-state index contributed by atoms with van der Waals surface area (Å²) in [5.74, 6) is 0. The Bertz CT molecular complexity index is 709. The normalized spacial score (nSPS) is 12.9. The summed E-state index contributed by atoms with van der Waals surface area (Å²) in [4.78, 5) is 8.69. The van der Waals surface area contributed by atoms with Gasteiger partial charge in [0, 0.05) is 11.1 Å². The average molecular weight is 275 g/mol. The maximum atomic E-state index is 5.45. The molecule has 1 N–H and O–H groups in total. The van der Waals surface area contributed by atoms with Gasteiger partial charge in [-0.2, -0.15) is 0 Å². The van der Waals surface area contributed by atoms with Gasteiger partial charge in [-0.1, -0.05) is 13.0 Å². The minimum Gasteiger partial charge on any atom is -0.329 e. The minimum absolute atomic E-state index is 0.300. The Hall–Kier alpha value is -1.46. The zero-order valence-corrected chi connectivity index (χ0v) is 11.6. The summed E-state index contributed by atoms with van der Waals surface area (Å²) in [6.45, 7) is 2.19. The van der Waals surface area contributed by atoms with E-state index < -0.39 is 0 Å². The predicted octanol–water partition coefficient (Wildman–Crippen LogP) is 4.15. The van der Waals surface area contributed by atoms with E-state index in [-0.39, 0.29) is 0 Å². The number of aromatic nitrogens is 3. The van der Waals surface area contributed by atoms with E-state index in [4.69, 9.17) is 12.2 Å². The van der Waals surface area contributed by atoms with E-state index in [2.05, 4.69) is 39.0 Å². The molecule has 0 bridgehead atoms. The zero-order chi connectivity index (χ0) is 12.5. The summed E-state index contributed by atoms with van der Waals surface area (Å²) in [7, 11) is 0. The van der Waals surface area contributed by atoms with E-state index >= 15 is 0 Å². The number of fused-ring (bicyclic) bond motifs is 1. The van der Waals surface area contributed by atoms with Crippen LogP contribution in [0.25, 0.3) is 11.0 Å². The second kappa shape index (κ2) is 4.66. The van der Waals surface area contributed by atoms with Crippen LogP contribution < -0.4 is 0 Å². The molecule has 3 aromatic heterocycles. The Labute approximate surface area is 114 Å². The van der Waals surface area contributed by atoms with E-state index in [0.717, 1.165) is 22.2 Å². The van der Waals surface area contributed by atoms with E-state index in [1.807, 2.05) is 18.5 Å². The maximum Gasteiger partial charge on any atom is 0.178 e. The number of thiophene rings is 1. The van der Waals surface area contributed by atoms with Crippen LogP contribution >= 0.6 is 23.6 Å². The Kier molecular flexibility index (Phi) is 3.01. The quantitative estimate of drug-likeness (QED) is 0.728. The molecule has 18 heavy (non-hydrogen) atoms. The number of hydrogen-bond donors (Lipinski definition) is 1. The first-order chi connectivity index (χ1) is 8.81. The summed E-state index contributed by atoms with van der Waals surface area (Å²) in [6, 6.07) is 6.56. The monoisotopic (exact) mass is 275 g/mol. The third-order valence-corrected chi connectivity index (χ3v) is 4.36. The third-order valence-electron chi connectivity index (χ3n) is 3.09. The highest BCUT2D eigenvalue weighted by Crippen LogP contribution is 2.29. The van der Waals surface area contributed by atoms with Gasteiger partial charge in [-0.15, -0.1) is 11.3 Å². The van der Waals surface area contributed by atoms with Crippen molar-refractivity contribution in [1.29, 1.82) is 0 Å². The Balaban J connectivity index is 2.24. The van der Waals surface area contributed by atoms with Crippen LogP contribution in [0.3, 0.4) is 0 Å². The summed E-state index contributed by atoms with van der Waals surface area (Å²) < 4.78 is 2.95. The largest absolute Gasteiger partial charge is 0.329 e. The van der Waals surface area contributed by atoms with Crippen LogP contribution in [-0.4, -0.2) is 14.5 Å². The molecule has 0 saturated carbocycles. The van der Waals surface area contributed by atoms with Gasteiger partial charge in [0.2, 0.25) is 0 Å². The molecular weight excluding hydrogens is 262 g/mol. The predicted molar refractivity (Wildman–Crippen MR) is 77.7 cm³/mol. The molecule has 3 heterocycles. The van der Waals surface area contributed by atoms with E-state index in [1.54, 1.807) is 11.3 Å². The molecule has 3 nitrogen and oxygen atoms in total. The van der Waals surface area contributed by atoms with Gasteiger partial charge in [-0.3, -0.25) is 4.98 Å². The number of pyridine rings is 1. The molecule has 0 saturated heterocycles. The van der Waals surface area contributed by atoms with Crippen molar-refractivity contribution in [2.24, 2.45) is 0 Å². The lowest BCUT2D eigenvalue weighted by Gasteiger charge is -2.16. The SMILES string of the molecule is CCC(c1cccs1)n1c(=S)[nH]c2cnccc21. The highest BCUT2D eigenvalue weighted by atomic mass is 32.1. The lowest BCUT2D eigenvalue weighted by atomic mass is 10.2. The first kappa shape index (κ1) is 11.6. The first-order valence-electron chi connectivity index (χ1n) is 5.89. The van der Waals surface area contributed by atoms with Crippen molar-refractivity contribution in [2.45, 2.75) is 19.4 Å². The number of rotatable bonds is 3. The fraction of sp³-hybridized carbons (Fsp3) is 0.231. The second-order valence-electron chi connectivity index (χ2n) is 4.13. The smallest absolute Gasteiger partial charge is 0.178 e. The molecule has 0 fully saturated rings. The van der Waals surface area contributed by atoms with Crippen LogP contribution in [0.4, 0.5) is 0 Å². The van der Waals surface area contributed by atoms with Crippen molar-refractivity contribution in [3.05, 3.63) is 45.6 Å². The summed E-state index contributed by atoms with van der Waals surface area (Å²) >= 11 is 7.23. The highest BCUT2D eigenvalue weighted by Gasteiger charge is 2.16. The van der Waals surface area contributed by atoms with E-state index in [0.29, 0.717) is 6.04 Å². The van der Waals surface area contributed by atoms with Crippen molar-refractivity contribution < 1.29 is 0 Å². The number of nitrogens with zero attached hydrogens (tertiary/aromatic N) is 2. The molecule has 0 aliphatic heterocycles. The lowest BCUT2D eigenvalue weighted by Crippen LogP contribution is -2.08. The van der Waals surface area contributed by atoms with Crippen molar-refractivity contribution in [2.75, 3.05) is 0 Å². The van der Waals surface area contributed by atoms with Gasteiger partial charge in [0.25, 0.3) is 0 Å². The Morgan fingerprint density at radius 2 is 2.39 bits per heavy atom. The van der Waals surface area contributed by atoms with Crippen molar-refractivity contribution in [3.63, 3.8) is 0 Å². The van der Waals surface area contributed by atoms with Crippen LogP contribution in [0.1, 0.15) is 24.3 Å². The number of aromatic amines is 1. The molecular formula is C13H13N3S2. The van der Waals surface area contributed by atoms with Gasteiger partial charge in [0.05, 0.1) is 23.3 Å². The maximum absolute atomic E-state index is 5.45. The zero-order valence-electron chi connectivity index (χ0n) is 9.96. The molecule has 1 unspecified atom stereocenters. The number of hydrogen-bond acceptors (Lipinski definition) is 3. The van der Waals surface area contributed by atoms with Gasteiger partial charge < -0.3 is 9.55 Å². The summed E-state index contributed by atoms with van der Waals surface area (Å²) in [6.07, 6.45) is 4.65. The van der Waals surface area contributed by atoms with Crippen LogP contribution in [0.15, 0.2) is 36.0 Å². The Morgan fingerprint density at radius 3 is 3.11 bits per heavy atom.